The molecule has 18 heavy (non-hydrogen) atoms. The molecular formula is C10H13N5O2S. The molecule has 3 N–H and O–H groups in total. The van der Waals surface area contributed by atoms with Crippen LogP contribution in [0.5, 0.6) is 0 Å². The Morgan fingerprint density at radius 3 is 3.06 bits per heavy atom. The molecular weight excluding hydrogens is 254 g/mol. The average Bonchev–Trinajstić information content (AvgIpc) is 2.93. The molecule has 0 aromatic carbocycles. The van der Waals surface area contributed by atoms with Crippen LogP contribution in [0, 0.1) is 10.6 Å². The number of aromatic nitrogens is 5. The van der Waals surface area contributed by atoms with Gasteiger partial charge in [-0.25, -0.2) is 9.67 Å². The first-order valence-corrected chi connectivity index (χ1v) is 6.19. The first kappa shape index (κ1) is 11.7. The second-order valence-corrected chi connectivity index (χ2v) is 4.96. The number of rotatable bonds is 2. The first-order valence-electron chi connectivity index (χ1n) is 5.78. The molecule has 1 aliphatic rings. The van der Waals surface area contributed by atoms with Gasteiger partial charge < -0.3 is 15.2 Å². The highest BCUT2D eigenvalue weighted by Gasteiger charge is 2.34. The molecule has 8 heteroatoms. The number of hydrogen-bond acceptors (Lipinski definition) is 6. The van der Waals surface area contributed by atoms with Crippen LogP contribution in [0.1, 0.15) is 18.9 Å². The number of hydrogen-bond donors (Lipinski definition) is 3. The van der Waals surface area contributed by atoms with Crippen molar-refractivity contribution in [3.05, 3.63) is 11.0 Å². The standard InChI is InChI=1S/C10H13N5O2S/c16-3-5-1-6(2-7(5)17)15-9-8(13-14-15)10(18)12-4-11-9/h4-7,16-17H,1-3H2,(H,11,12,18). The Morgan fingerprint density at radius 2 is 2.33 bits per heavy atom. The first-order chi connectivity index (χ1) is 8.70. The molecule has 3 atom stereocenters. The molecule has 1 aliphatic carbocycles. The van der Waals surface area contributed by atoms with Crippen molar-refractivity contribution < 1.29 is 10.2 Å². The van der Waals surface area contributed by atoms with Crippen molar-refractivity contribution in [2.45, 2.75) is 25.0 Å². The summed E-state index contributed by atoms with van der Waals surface area (Å²) in [7, 11) is 0. The molecule has 0 saturated heterocycles. The van der Waals surface area contributed by atoms with Gasteiger partial charge in [-0.3, -0.25) is 0 Å². The van der Waals surface area contributed by atoms with Crippen LogP contribution in [0.25, 0.3) is 11.2 Å². The van der Waals surface area contributed by atoms with E-state index in [9.17, 15) is 5.11 Å². The fourth-order valence-electron chi connectivity index (χ4n) is 2.51. The molecule has 0 amide bonds. The van der Waals surface area contributed by atoms with Gasteiger partial charge in [0.05, 0.1) is 18.5 Å². The Labute approximate surface area is 107 Å². The van der Waals surface area contributed by atoms with Crippen molar-refractivity contribution in [3.63, 3.8) is 0 Å². The van der Waals surface area contributed by atoms with Gasteiger partial charge in [0, 0.05) is 12.5 Å². The Hall–Kier alpha value is -1.38. The Balaban J connectivity index is 2.01. The minimum Gasteiger partial charge on any atom is -0.396 e. The summed E-state index contributed by atoms with van der Waals surface area (Å²) in [6.07, 6.45) is 2.26. The van der Waals surface area contributed by atoms with E-state index in [0.717, 1.165) is 0 Å². The van der Waals surface area contributed by atoms with Gasteiger partial charge >= 0.3 is 0 Å². The highest BCUT2D eigenvalue weighted by molar-refractivity contribution is 7.71. The highest BCUT2D eigenvalue weighted by atomic mass is 32.1. The Morgan fingerprint density at radius 1 is 1.50 bits per heavy atom. The third-order valence-corrected chi connectivity index (χ3v) is 3.79. The summed E-state index contributed by atoms with van der Waals surface area (Å²) >= 11 is 5.07. The van der Waals surface area contributed by atoms with E-state index in [0.29, 0.717) is 28.6 Å². The van der Waals surface area contributed by atoms with Gasteiger partial charge in [0.25, 0.3) is 0 Å². The van der Waals surface area contributed by atoms with Crippen molar-refractivity contribution in [3.8, 4) is 0 Å². The lowest BCUT2D eigenvalue weighted by Crippen LogP contribution is -2.16. The lowest BCUT2D eigenvalue weighted by Gasteiger charge is -2.09. The normalized spacial score (nSPS) is 28.0. The smallest absolute Gasteiger partial charge is 0.166 e. The third-order valence-electron chi connectivity index (χ3n) is 3.49. The molecule has 0 aliphatic heterocycles. The molecule has 2 heterocycles. The van der Waals surface area contributed by atoms with Crippen molar-refractivity contribution in [2.24, 2.45) is 5.92 Å². The molecule has 7 nitrogen and oxygen atoms in total. The maximum Gasteiger partial charge on any atom is 0.166 e. The molecule has 1 saturated carbocycles. The lowest BCUT2D eigenvalue weighted by molar-refractivity contribution is 0.0906. The summed E-state index contributed by atoms with van der Waals surface area (Å²) in [5.74, 6) is -0.0981. The molecule has 3 unspecified atom stereocenters. The van der Waals surface area contributed by atoms with Crippen molar-refractivity contribution in [1.82, 2.24) is 25.0 Å². The van der Waals surface area contributed by atoms with Gasteiger partial charge in [0.1, 0.15) is 0 Å². The number of aliphatic hydroxyl groups excluding tert-OH is 2. The minimum absolute atomic E-state index is 0.0121. The van der Waals surface area contributed by atoms with E-state index in [2.05, 4.69) is 20.3 Å². The summed E-state index contributed by atoms with van der Waals surface area (Å²) in [6.45, 7) is -0.0121. The van der Waals surface area contributed by atoms with Gasteiger partial charge in [0.2, 0.25) is 0 Å². The fraction of sp³-hybridized carbons (Fsp3) is 0.600. The monoisotopic (exact) mass is 267 g/mol. The second kappa shape index (κ2) is 4.38. The minimum atomic E-state index is -0.496. The number of fused-ring (bicyclic) bond motifs is 1. The zero-order valence-electron chi connectivity index (χ0n) is 9.52. The predicted molar refractivity (Wildman–Crippen MR) is 65.4 cm³/mol. The van der Waals surface area contributed by atoms with Gasteiger partial charge in [0.15, 0.2) is 15.8 Å². The van der Waals surface area contributed by atoms with E-state index in [1.54, 1.807) is 4.68 Å². The summed E-state index contributed by atoms with van der Waals surface area (Å²) in [5.41, 5.74) is 1.28. The summed E-state index contributed by atoms with van der Waals surface area (Å²) < 4.78 is 2.14. The van der Waals surface area contributed by atoms with Crippen LogP contribution < -0.4 is 0 Å². The van der Waals surface area contributed by atoms with Crippen molar-refractivity contribution in [1.29, 1.82) is 0 Å². The molecule has 2 aromatic rings. The number of aromatic amines is 1. The topological polar surface area (TPSA) is 99.9 Å². The van der Waals surface area contributed by atoms with Crippen LogP contribution in [0.4, 0.5) is 0 Å². The van der Waals surface area contributed by atoms with Gasteiger partial charge in [-0.1, -0.05) is 17.4 Å². The number of H-pyrrole nitrogens is 1. The molecule has 96 valence electrons. The largest absolute Gasteiger partial charge is 0.396 e. The van der Waals surface area contributed by atoms with Crippen molar-refractivity contribution in [2.75, 3.05) is 6.61 Å². The predicted octanol–water partition coefficient (Wildman–Crippen LogP) is 0.188. The van der Waals surface area contributed by atoms with Crippen molar-refractivity contribution >= 4 is 23.4 Å². The van der Waals surface area contributed by atoms with E-state index < -0.39 is 6.10 Å². The van der Waals surface area contributed by atoms with E-state index in [-0.39, 0.29) is 18.6 Å². The van der Waals surface area contributed by atoms with Gasteiger partial charge in [-0.05, 0) is 12.8 Å². The SMILES string of the molecule is OCC1CC(n2nnc3c(=S)nc[nH]c32)CC1O. The zero-order chi connectivity index (χ0) is 12.7. The van der Waals surface area contributed by atoms with E-state index in [4.69, 9.17) is 17.3 Å². The van der Waals surface area contributed by atoms with E-state index in [1.807, 2.05) is 0 Å². The lowest BCUT2D eigenvalue weighted by atomic mass is 10.1. The van der Waals surface area contributed by atoms with E-state index >= 15 is 0 Å². The van der Waals surface area contributed by atoms with Crippen LogP contribution in [0.2, 0.25) is 0 Å². The highest BCUT2D eigenvalue weighted by Crippen LogP contribution is 2.35. The maximum absolute atomic E-state index is 9.82. The van der Waals surface area contributed by atoms with Crippen LogP contribution >= 0.6 is 12.2 Å². The third kappa shape index (κ3) is 1.73. The number of nitrogens with one attached hydrogen (secondary N) is 1. The van der Waals surface area contributed by atoms with Crippen LogP contribution in [-0.4, -0.2) is 47.9 Å². The Kier molecular flexibility index (Phi) is 2.84. The van der Waals surface area contributed by atoms with Gasteiger partial charge in [-0.15, -0.1) is 5.10 Å². The van der Waals surface area contributed by atoms with Crippen LogP contribution in [-0.2, 0) is 0 Å². The summed E-state index contributed by atoms with van der Waals surface area (Å²) in [4.78, 5) is 6.93. The Bertz CT molecular complexity index is 624. The molecule has 3 rings (SSSR count). The zero-order valence-corrected chi connectivity index (χ0v) is 10.3. The molecule has 0 spiro atoms. The molecule has 2 aromatic heterocycles. The summed E-state index contributed by atoms with van der Waals surface area (Å²) in [5, 5.41) is 27.1. The van der Waals surface area contributed by atoms with Crippen LogP contribution in [0.15, 0.2) is 6.33 Å². The fourth-order valence-corrected chi connectivity index (χ4v) is 2.70. The number of nitrogens with zero attached hydrogens (tertiary/aromatic N) is 4. The molecule has 0 bridgehead atoms. The second-order valence-electron chi connectivity index (χ2n) is 4.57. The average molecular weight is 267 g/mol. The molecule has 1 fully saturated rings. The number of aliphatic hydroxyl groups is 2. The van der Waals surface area contributed by atoms with Gasteiger partial charge in [-0.2, -0.15) is 0 Å². The summed E-state index contributed by atoms with van der Waals surface area (Å²) in [6, 6.07) is 0.0233. The van der Waals surface area contributed by atoms with Crippen LogP contribution in [0.3, 0.4) is 0 Å². The maximum atomic E-state index is 9.82. The van der Waals surface area contributed by atoms with E-state index in [1.165, 1.54) is 6.33 Å². The molecule has 0 radical (unpaired) electrons. The quantitative estimate of drug-likeness (QED) is 0.672.